The van der Waals surface area contributed by atoms with Crippen molar-refractivity contribution in [2.45, 2.75) is 76.4 Å². The summed E-state index contributed by atoms with van der Waals surface area (Å²) in [6.07, 6.45) is 2.34. The molecule has 0 radical (unpaired) electrons. The van der Waals surface area contributed by atoms with E-state index in [4.69, 9.17) is 23.7 Å². The van der Waals surface area contributed by atoms with Gasteiger partial charge in [-0.05, 0) is 54.4 Å². The van der Waals surface area contributed by atoms with Gasteiger partial charge in [0.15, 0.2) is 6.29 Å². The minimum absolute atomic E-state index is 0.0353. The van der Waals surface area contributed by atoms with Crippen molar-refractivity contribution < 1.29 is 38.4 Å². The van der Waals surface area contributed by atoms with E-state index in [0.717, 1.165) is 60.8 Å². The summed E-state index contributed by atoms with van der Waals surface area (Å²) in [5.41, 5.74) is 4.54. The standard InChI is InChI=1S/C30H39NO8/c1-2-3-4-15-27(31-29(32)33)36-18-21(39-28-16-9-10-17-35-28)19-37-30(34)38-20-26-24-13-7-5-11-22(24)23-12-6-8-14-25(23)26/h5-8,11-14,21,26-28,31H,2-4,9-10,15-20H2,1H3,(H,32,33). The van der Waals surface area contributed by atoms with E-state index >= 15 is 0 Å². The average molecular weight is 542 g/mol. The monoisotopic (exact) mass is 541 g/mol. The molecule has 9 nitrogen and oxygen atoms in total. The maximum absolute atomic E-state index is 12.6. The highest BCUT2D eigenvalue weighted by molar-refractivity contribution is 5.79. The number of benzene rings is 2. The van der Waals surface area contributed by atoms with Crippen LogP contribution in [-0.2, 0) is 23.7 Å². The number of unbranched alkanes of at least 4 members (excludes halogenated alkanes) is 2. The molecule has 1 heterocycles. The molecule has 1 aliphatic carbocycles. The fourth-order valence-electron chi connectivity index (χ4n) is 5.09. The van der Waals surface area contributed by atoms with Crippen LogP contribution in [0.2, 0.25) is 0 Å². The van der Waals surface area contributed by atoms with Gasteiger partial charge < -0.3 is 28.8 Å². The first-order chi connectivity index (χ1) is 19.0. The number of carbonyl (C=O) groups is 2. The number of nitrogens with one attached hydrogen (secondary N) is 1. The van der Waals surface area contributed by atoms with Crippen LogP contribution in [0.4, 0.5) is 9.59 Å². The molecule has 4 rings (SSSR count). The van der Waals surface area contributed by atoms with Crippen molar-refractivity contribution >= 4 is 12.2 Å². The van der Waals surface area contributed by atoms with Crippen LogP contribution in [0, 0.1) is 0 Å². The normalized spacial score (nSPS) is 18.0. The van der Waals surface area contributed by atoms with Crippen molar-refractivity contribution in [3.63, 3.8) is 0 Å². The highest BCUT2D eigenvalue weighted by Gasteiger charge is 2.30. The summed E-state index contributed by atoms with van der Waals surface area (Å²) in [5.74, 6) is -0.0676. The number of fused-ring (bicyclic) bond motifs is 3. The van der Waals surface area contributed by atoms with Gasteiger partial charge in [-0.1, -0.05) is 68.3 Å². The second-order valence-electron chi connectivity index (χ2n) is 9.92. The number of hydrogen-bond donors (Lipinski definition) is 2. The van der Waals surface area contributed by atoms with Gasteiger partial charge in [-0.25, -0.2) is 9.59 Å². The maximum atomic E-state index is 12.6. The Labute approximate surface area is 229 Å². The molecule has 2 aliphatic rings. The lowest BCUT2D eigenvalue weighted by Gasteiger charge is -2.28. The van der Waals surface area contributed by atoms with Gasteiger partial charge in [0.05, 0.1) is 6.61 Å². The molecular weight excluding hydrogens is 502 g/mol. The van der Waals surface area contributed by atoms with Crippen LogP contribution in [0.5, 0.6) is 0 Å². The van der Waals surface area contributed by atoms with Crippen molar-refractivity contribution in [2.75, 3.05) is 26.4 Å². The van der Waals surface area contributed by atoms with E-state index in [1.807, 2.05) is 24.3 Å². The lowest BCUT2D eigenvalue weighted by molar-refractivity contribution is -0.209. The van der Waals surface area contributed by atoms with E-state index in [-0.39, 0.29) is 25.7 Å². The van der Waals surface area contributed by atoms with Crippen molar-refractivity contribution in [3.05, 3.63) is 59.7 Å². The first-order valence-corrected chi connectivity index (χ1v) is 13.9. The van der Waals surface area contributed by atoms with Crippen LogP contribution >= 0.6 is 0 Å². The molecule has 1 amide bonds. The summed E-state index contributed by atoms with van der Waals surface area (Å²) in [7, 11) is 0. The first-order valence-electron chi connectivity index (χ1n) is 13.9. The molecule has 39 heavy (non-hydrogen) atoms. The highest BCUT2D eigenvalue weighted by Crippen LogP contribution is 2.44. The fraction of sp³-hybridized carbons (Fsp3) is 0.533. The zero-order chi connectivity index (χ0) is 27.5. The van der Waals surface area contributed by atoms with Gasteiger partial charge in [-0.2, -0.15) is 0 Å². The number of amides is 1. The molecule has 2 aromatic rings. The molecule has 212 valence electrons. The second kappa shape index (κ2) is 14.9. The number of carboxylic acid groups (broad SMARTS) is 1. The quantitative estimate of drug-likeness (QED) is 0.169. The number of ether oxygens (including phenoxy) is 5. The summed E-state index contributed by atoms with van der Waals surface area (Å²) < 4.78 is 28.6. The van der Waals surface area contributed by atoms with E-state index in [2.05, 4.69) is 36.5 Å². The van der Waals surface area contributed by atoms with E-state index in [1.165, 1.54) is 0 Å². The summed E-state index contributed by atoms with van der Waals surface area (Å²) in [6, 6.07) is 16.3. The van der Waals surface area contributed by atoms with Crippen molar-refractivity contribution in [2.24, 2.45) is 0 Å². The zero-order valence-corrected chi connectivity index (χ0v) is 22.5. The molecule has 3 unspecified atom stereocenters. The molecule has 0 spiro atoms. The smallest absolute Gasteiger partial charge is 0.465 e. The number of carbonyl (C=O) groups excluding carboxylic acids is 1. The molecule has 0 saturated carbocycles. The highest BCUT2D eigenvalue weighted by atomic mass is 16.7. The molecule has 1 saturated heterocycles. The average Bonchev–Trinajstić information content (AvgIpc) is 3.27. The summed E-state index contributed by atoms with van der Waals surface area (Å²) in [4.78, 5) is 23.8. The van der Waals surface area contributed by atoms with Crippen molar-refractivity contribution in [1.82, 2.24) is 5.32 Å². The Balaban J connectivity index is 1.32. The largest absolute Gasteiger partial charge is 0.508 e. The lowest BCUT2D eigenvalue weighted by atomic mass is 9.98. The summed E-state index contributed by atoms with van der Waals surface area (Å²) in [5, 5.41) is 11.6. The van der Waals surface area contributed by atoms with E-state index in [9.17, 15) is 14.7 Å². The predicted octanol–water partition coefficient (Wildman–Crippen LogP) is 6.05. The van der Waals surface area contributed by atoms with Crippen LogP contribution in [0.15, 0.2) is 48.5 Å². The maximum Gasteiger partial charge on any atom is 0.508 e. The van der Waals surface area contributed by atoms with Crippen LogP contribution < -0.4 is 5.32 Å². The van der Waals surface area contributed by atoms with Crippen LogP contribution in [0.3, 0.4) is 0 Å². The summed E-state index contributed by atoms with van der Waals surface area (Å²) in [6.45, 7) is 2.77. The Morgan fingerprint density at radius 2 is 1.72 bits per heavy atom. The second-order valence-corrected chi connectivity index (χ2v) is 9.92. The van der Waals surface area contributed by atoms with Gasteiger partial charge in [0.25, 0.3) is 0 Å². The lowest BCUT2D eigenvalue weighted by Crippen LogP contribution is -2.40. The minimum atomic E-state index is -1.15. The van der Waals surface area contributed by atoms with Crippen LogP contribution in [-0.4, -0.2) is 62.4 Å². The summed E-state index contributed by atoms with van der Waals surface area (Å²) >= 11 is 0. The van der Waals surface area contributed by atoms with E-state index in [0.29, 0.717) is 13.0 Å². The molecule has 3 atom stereocenters. The van der Waals surface area contributed by atoms with Crippen LogP contribution in [0.25, 0.3) is 11.1 Å². The topological polar surface area (TPSA) is 113 Å². The molecule has 2 aromatic carbocycles. The van der Waals surface area contributed by atoms with Gasteiger partial charge in [-0.15, -0.1) is 0 Å². The molecule has 2 N–H and O–H groups in total. The Morgan fingerprint density at radius 1 is 1.00 bits per heavy atom. The third kappa shape index (κ3) is 8.42. The first kappa shape index (κ1) is 28.9. The van der Waals surface area contributed by atoms with Gasteiger partial charge in [0, 0.05) is 12.5 Å². The molecule has 1 fully saturated rings. The Hall–Kier alpha value is -3.14. The van der Waals surface area contributed by atoms with E-state index in [1.54, 1.807) is 0 Å². The number of hydrogen-bond acceptors (Lipinski definition) is 7. The molecular formula is C30H39NO8. The Morgan fingerprint density at radius 3 is 2.36 bits per heavy atom. The van der Waals surface area contributed by atoms with Gasteiger partial charge >= 0.3 is 12.2 Å². The predicted molar refractivity (Wildman–Crippen MR) is 145 cm³/mol. The number of rotatable bonds is 14. The van der Waals surface area contributed by atoms with Crippen molar-refractivity contribution in [3.8, 4) is 11.1 Å². The molecule has 0 bridgehead atoms. The molecule has 1 aliphatic heterocycles. The van der Waals surface area contributed by atoms with Crippen LogP contribution in [0.1, 0.15) is 68.9 Å². The fourth-order valence-corrected chi connectivity index (χ4v) is 5.09. The third-order valence-corrected chi connectivity index (χ3v) is 7.04. The molecule has 0 aromatic heterocycles. The van der Waals surface area contributed by atoms with Crippen molar-refractivity contribution in [1.29, 1.82) is 0 Å². The van der Waals surface area contributed by atoms with Gasteiger partial charge in [-0.3, -0.25) is 5.32 Å². The SMILES string of the molecule is CCCCCC(NC(=O)O)OCC(COC(=O)OCC1c2ccccc2-c2ccccc21)OC1CCCCO1. The van der Waals surface area contributed by atoms with E-state index < -0.39 is 30.9 Å². The minimum Gasteiger partial charge on any atom is -0.465 e. The third-order valence-electron chi connectivity index (χ3n) is 7.04. The molecule has 9 heteroatoms. The Kier molecular flexibility index (Phi) is 11.0. The van der Waals surface area contributed by atoms with Gasteiger partial charge in [0.2, 0.25) is 0 Å². The Bertz CT molecular complexity index is 1020. The zero-order valence-electron chi connectivity index (χ0n) is 22.5. The van der Waals surface area contributed by atoms with Gasteiger partial charge in [0.1, 0.15) is 25.5 Å².